The van der Waals surface area contributed by atoms with Gasteiger partial charge in [-0.3, -0.25) is 4.79 Å². The molecule has 0 aliphatic heterocycles. The van der Waals surface area contributed by atoms with E-state index in [1.807, 2.05) is 6.07 Å². The van der Waals surface area contributed by atoms with E-state index in [2.05, 4.69) is 10.3 Å². The Morgan fingerprint density at radius 3 is 2.43 bits per heavy atom. The second-order valence-corrected chi connectivity index (χ2v) is 6.45. The zero-order valence-electron chi connectivity index (χ0n) is 16.1. The van der Waals surface area contributed by atoms with Crippen molar-refractivity contribution >= 4 is 23.0 Å². The number of nitrogens with zero attached hydrogens (tertiary/aromatic N) is 2. The predicted molar refractivity (Wildman–Crippen MR) is 109 cm³/mol. The Hall–Kier alpha value is -3.99. The molecule has 0 unspecified atom stereocenters. The molecule has 0 spiro atoms. The summed E-state index contributed by atoms with van der Waals surface area (Å²) in [5.41, 5.74) is 7.25. The van der Waals surface area contributed by atoms with Crippen LogP contribution in [0.4, 0.5) is 26.0 Å². The number of carbonyl (C=O) groups excluding carboxylic acids is 1. The van der Waals surface area contributed by atoms with Crippen LogP contribution in [-0.2, 0) is 0 Å². The summed E-state index contributed by atoms with van der Waals surface area (Å²) >= 11 is 0. The molecule has 1 aromatic heterocycles. The fraction of sp³-hybridized carbons (Fsp3) is 0.136. The molecule has 0 bridgehead atoms. The SMILES string of the molecule is CCCC(=O)c1cc(F)c(Oc2ccc(N)c(Nc3ccc(C#N)cc3)n2)c(F)c1. The number of ketones is 1. The van der Waals surface area contributed by atoms with Gasteiger partial charge in [-0.2, -0.15) is 10.2 Å². The molecule has 6 nitrogen and oxygen atoms in total. The fourth-order valence-electron chi connectivity index (χ4n) is 2.67. The van der Waals surface area contributed by atoms with Gasteiger partial charge in [-0.15, -0.1) is 0 Å². The summed E-state index contributed by atoms with van der Waals surface area (Å²) in [7, 11) is 0. The molecular weight excluding hydrogens is 390 g/mol. The number of nitrogen functional groups attached to an aromatic ring is 1. The number of rotatable bonds is 7. The monoisotopic (exact) mass is 408 g/mol. The van der Waals surface area contributed by atoms with E-state index in [4.69, 9.17) is 15.7 Å². The van der Waals surface area contributed by atoms with Crippen LogP contribution in [-0.4, -0.2) is 10.8 Å². The van der Waals surface area contributed by atoms with Crippen LogP contribution < -0.4 is 15.8 Å². The number of nitriles is 1. The Morgan fingerprint density at radius 1 is 1.17 bits per heavy atom. The van der Waals surface area contributed by atoms with Crippen LogP contribution in [0.15, 0.2) is 48.5 Å². The van der Waals surface area contributed by atoms with Crippen LogP contribution in [0.2, 0.25) is 0 Å². The third kappa shape index (κ3) is 4.70. The van der Waals surface area contributed by atoms with Crippen LogP contribution >= 0.6 is 0 Å². The van der Waals surface area contributed by atoms with Gasteiger partial charge in [0.25, 0.3) is 0 Å². The quantitative estimate of drug-likeness (QED) is 0.512. The highest BCUT2D eigenvalue weighted by Crippen LogP contribution is 2.31. The van der Waals surface area contributed by atoms with E-state index in [1.54, 1.807) is 31.2 Å². The second kappa shape index (κ2) is 9.01. The van der Waals surface area contributed by atoms with Gasteiger partial charge in [0, 0.05) is 23.7 Å². The van der Waals surface area contributed by atoms with Crippen molar-refractivity contribution in [2.45, 2.75) is 19.8 Å². The van der Waals surface area contributed by atoms with Crippen molar-refractivity contribution in [2.24, 2.45) is 0 Å². The molecule has 1 heterocycles. The summed E-state index contributed by atoms with van der Waals surface area (Å²) in [4.78, 5) is 16.0. The molecule has 3 rings (SSSR count). The van der Waals surface area contributed by atoms with E-state index in [9.17, 15) is 13.6 Å². The van der Waals surface area contributed by atoms with Crippen LogP contribution in [0, 0.1) is 23.0 Å². The molecular formula is C22H18F2N4O2. The van der Waals surface area contributed by atoms with Crippen molar-refractivity contribution < 1.29 is 18.3 Å². The first-order chi connectivity index (χ1) is 14.4. The van der Waals surface area contributed by atoms with Crippen LogP contribution in [0.3, 0.4) is 0 Å². The van der Waals surface area contributed by atoms with E-state index in [0.717, 1.165) is 12.1 Å². The minimum absolute atomic E-state index is 0.0485. The Labute approximate surface area is 171 Å². The van der Waals surface area contributed by atoms with Gasteiger partial charge in [0.05, 0.1) is 17.3 Å². The third-order valence-electron chi connectivity index (χ3n) is 4.18. The van der Waals surface area contributed by atoms with Gasteiger partial charge >= 0.3 is 0 Å². The number of benzene rings is 2. The van der Waals surface area contributed by atoms with E-state index >= 15 is 0 Å². The molecule has 3 aromatic rings. The highest BCUT2D eigenvalue weighted by atomic mass is 19.1. The number of anilines is 3. The second-order valence-electron chi connectivity index (χ2n) is 6.45. The fourth-order valence-corrected chi connectivity index (χ4v) is 2.67. The first-order valence-electron chi connectivity index (χ1n) is 9.15. The van der Waals surface area contributed by atoms with E-state index in [1.165, 1.54) is 12.1 Å². The lowest BCUT2D eigenvalue weighted by molar-refractivity contribution is 0.0980. The van der Waals surface area contributed by atoms with Gasteiger partial charge < -0.3 is 15.8 Å². The van der Waals surface area contributed by atoms with Gasteiger partial charge in [-0.1, -0.05) is 6.92 Å². The number of pyridine rings is 1. The molecule has 152 valence electrons. The number of nitrogens with two attached hydrogens (primary N) is 1. The number of aromatic nitrogens is 1. The van der Waals surface area contributed by atoms with E-state index in [0.29, 0.717) is 17.7 Å². The lowest BCUT2D eigenvalue weighted by Crippen LogP contribution is -2.04. The van der Waals surface area contributed by atoms with Gasteiger partial charge in [0.15, 0.2) is 23.2 Å². The molecule has 0 aliphatic carbocycles. The Morgan fingerprint density at radius 2 is 1.83 bits per heavy atom. The molecule has 0 saturated carbocycles. The smallest absolute Gasteiger partial charge is 0.221 e. The zero-order chi connectivity index (χ0) is 21.7. The van der Waals surface area contributed by atoms with Gasteiger partial charge in [0.1, 0.15) is 0 Å². The largest absolute Gasteiger partial charge is 0.433 e. The highest BCUT2D eigenvalue weighted by Gasteiger charge is 2.18. The standard InChI is InChI=1S/C22H18F2N4O2/c1-2-3-19(29)14-10-16(23)21(17(24)11-14)30-20-9-8-18(26)22(28-20)27-15-6-4-13(12-25)5-7-15/h4-11H,2-3,26H2,1H3,(H,27,28). The number of halogens is 2. The van der Waals surface area contributed by atoms with Gasteiger partial charge in [-0.05, 0) is 48.9 Å². The van der Waals surface area contributed by atoms with Crippen molar-refractivity contribution in [2.75, 3.05) is 11.1 Å². The maximum absolute atomic E-state index is 14.4. The Kier molecular flexibility index (Phi) is 6.23. The normalized spacial score (nSPS) is 10.3. The summed E-state index contributed by atoms with van der Waals surface area (Å²) in [6.45, 7) is 1.80. The summed E-state index contributed by atoms with van der Waals surface area (Å²) < 4.78 is 34.1. The van der Waals surface area contributed by atoms with Gasteiger partial charge in [-0.25, -0.2) is 8.78 Å². The summed E-state index contributed by atoms with van der Waals surface area (Å²) in [6.07, 6.45) is 0.772. The minimum atomic E-state index is -1.00. The van der Waals surface area contributed by atoms with Crippen LogP contribution in [0.5, 0.6) is 11.6 Å². The van der Waals surface area contributed by atoms with Crippen molar-refractivity contribution in [3.8, 4) is 17.7 Å². The van der Waals surface area contributed by atoms with Crippen molar-refractivity contribution in [3.05, 3.63) is 71.3 Å². The molecule has 0 atom stereocenters. The topological polar surface area (TPSA) is 101 Å². The first kappa shape index (κ1) is 20.7. The lowest BCUT2D eigenvalue weighted by atomic mass is 10.1. The van der Waals surface area contributed by atoms with Gasteiger partial charge in [0.2, 0.25) is 11.6 Å². The molecule has 2 aromatic carbocycles. The molecule has 0 aliphatic rings. The molecule has 0 fully saturated rings. The van der Waals surface area contributed by atoms with Crippen LogP contribution in [0.1, 0.15) is 35.7 Å². The van der Waals surface area contributed by atoms with Crippen molar-refractivity contribution in [1.29, 1.82) is 5.26 Å². The van der Waals surface area contributed by atoms with E-state index in [-0.39, 0.29) is 35.2 Å². The minimum Gasteiger partial charge on any atom is -0.433 e. The molecule has 30 heavy (non-hydrogen) atoms. The molecule has 3 N–H and O–H groups in total. The summed E-state index contributed by atoms with van der Waals surface area (Å²) in [5.74, 6) is -2.89. The summed E-state index contributed by atoms with van der Waals surface area (Å²) in [5, 5.41) is 11.8. The van der Waals surface area contributed by atoms with Crippen molar-refractivity contribution in [1.82, 2.24) is 4.98 Å². The first-order valence-corrected chi connectivity index (χ1v) is 9.15. The average Bonchev–Trinajstić information content (AvgIpc) is 2.73. The Balaban J connectivity index is 1.84. The van der Waals surface area contributed by atoms with Crippen LogP contribution in [0.25, 0.3) is 0 Å². The summed E-state index contributed by atoms with van der Waals surface area (Å²) in [6, 6.07) is 13.3. The third-order valence-corrected chi connectivity index (χ3v) is 4.18. The highest BCUT2D eigenvalue weighted by molar-refractivity contribution is 5.96. The number of hydrogen-bond acceptors (Lipinski definition) is 6. The molecule has 0 amide bonds. The number of carbonyl (C=O) groups is 1. The zero-order valence-corrected chi connectivity index (χ0v) is 16.1. The average molecular weight is 408 g/mol. The number of hydrogen-bond donors (Lipinski definition) is 2. The van der Waals surface area contributed by atoms with Crippen molar-refractivity contribution in [3.63, 3.8) is 0 Å². The van der Waals surface area contributed by atoms with E-state index < -0.39 is 17.4 Å². The lowest BCUT2D eigenvalue weighted by Gasteiger charge is -2.12. The molecule has 0 radical (unpaired) electrons. The molecule has 8 heteroatoms. The maximum atomic E-state index is 14.4. The number of nitrogens with one attached hydrogen (secondary N) is 1. The number of ether oxygens (including phenoxy) is 1. The molecule has 0 saturated heterocycles. The predicted octanol–water partition coefficient (Wildman–Crippen LogP) is 5.33. The maximum Gasteiger partial charge on any atom is 0.221 e. The number of Topliss-reactive ketones (excluding diaryl/α,β-unsaturated/α-hetero) is 1. The Bertz CT molecular complexity index is 1100.